The molecule has 0 heterocycles. The number of thiocarbonyl (C=S) groups is 1. The predicted molar refractivity (Wildman–Crippen MR) is 74.3 cm³/mol. The molecule has 1 fully saturated rings. The fourth-order valence-corrected chi connectivity index (χ4v) is 4.56. The molecule has 3 N–H and O–H groups in total. The third-order valence-electron chi connectivity index (χ3n) is 3.33. The van der Waals surface area contributed by atoms with Gasteiger partial charge in [-0.2, -0.15) is 0 Å². The molecular weight excluding hydrogens is 256 g/mol. The Morgan fingerprint density at radius 1 is 1.53 bits per heavy atom. The van der Waals surface area contributed by atoms with Gasteiger partial charge in [-0.05, 0) is 25.2 Å². The first-order chi connectivity index (χ1) is 7.86. The molecular formula is C11H22N2O2S2. The van der Waals surface area contributed by atoms with Crippen LogP contribution in [-0.4, -0.2) is 24.7 Å². The summed E-state index contributed by atoms with van der Waals surface area (Å²) in [6, 6.07) is 0.0483. The van der Waals surface area contributed by atoms with Gasteiger partial charge in [0, 0.05) is 6.04 Å². The van der Waals surface area contributed by atoms with Crippen LogP contribution in [0.15, 0.2) is 0 Å². The highest BCUT2D eigenvalue weighted by Gasteiger charge is 2.30. The van der Waals surface area contributed by atoms with Crippen molar-refractivity contribution in [1.82, 2.24) is 4.72 Å². The van der Waals surface area contributed by atoms with E-state index in [4.69, 9.17) is 18.0 Å². The zero-order valence-corrected chi connectivity index (χ0v) is 12.1. The van der Waals surface area contributed by atoms with Crippen LogP contribution in [0.25, 0.3) is 0 Å². The number of nitrogens with two attached hydrogens (primary N) is 1. The monoisotopic (exact) mass is 278 g/mol. The van der Waals surface area contributed by atoms with Gasteiger partial charge >= 0.3 is 0 Å². The van der Waals surface area contributed by atoms with Crippen LogP contribution in [0.5, 0.6) is 0 Å². The first-order valence-corrected chi connectivity index (χ1v) is 8.12. The number of hydrogen-bond donors (Lipinski definition) is 2. The van der Waals surface area contributed by atoms with Crippen molar-refractivity contribution in [3.8, 4) is 0 Å². The lowest BCUT2D eigenvalue weighted by Crippen LogP contribution is -2.46. The minimum Gasteiger partial charge on any atom is -0.392 e. The van der Waals surface area contributed by atoms with Crippen molar-refractivity contribution >= 4 is 27.2 Å². The molecule has 4 nitrogen and oxygen atoms in total. The molecule has 3 atom stereocenters. The lowest BCUT2D eigenvalue weighted by molar-refractivity contribution is 0.327. The molecule has 0 radical (unpaired) electrons. The molecule has 6 heteroatoms. The van der Waals surface area contributed by atoms with Crippen LogP contribution >= 0.6 is 12.2 Å². The maximum absolute atomic E-state index is 12.1. The minimum atomic E-state index is -3.41. The molecule has 17 heavy (non-hydrogen) atoms. The molecule has 1 aliphatic rings. The van der Waals surface area contributed by atoms with Crippen molar-refractivity contribution in [1.29, 1.82) is 0 Å². The SMILES string of the molecule is CCC(C(N)=S)S(=O)(=O)NC1CCCC(C)C1. The summed E-state index contributed by atoms with van der Waals surface area (Å²) in [6.45, 7) is 3.94. The third-order valence-corrected chi connectivity index (χ3v) is 5.76. The summed E-state index contributed by atoms with van der Waals surface area (Å²) in [7, 11) is -3.41. The van der Waals surface area contributed by atoms with E-state index in [2.05, 4.69) is 11.6 Å². The van der Waals surface area contributed by atoms with Gasteiger partial charge in [-0.25, -0.2) is 13.1 Å². The van der Waals surface area contributed by atoms with Crippen molar-refractivity contribution < 1.29 is 8.42 Å². The van der Waals surface area contributed by atoms with Crippen LogP contribution in [0.1, 0.15) is 46.0 Å². The van der Waals surface area contributed by atoms with E-state index in [1.54, 1.807) is 6.92 Å². The minimum absolute atomic E-state index is 0.0483. The van der Waals surface area contributed by atoms with Gasteiger partial charge in [0.15, 0.2) is 0 Å². The van der Waals surface area contributed by atoms with E-state index < -0.39 is 15.3 Å². The Bertz CT molecular complexity index is 368. The Morgan fingerprint density at radius 3 is 2.65 bits per heavy atom. The summed E-state index contributed by atoms with van der Waals surface area (Å²) in [4.78, 5) is 0.0591. The highest BCUT2D eigenvalue weighted by Crippen LogP contribution is 2.24. The van der Waals surface area contributed by atoms with E-state index in [9.17, 15) is 8.42 Å². The van der Waals surface area contributed by atoms with Gasteiger partial charge in [0.05, 0.1) is 4.99 Å². The molecule has 0 aromatic heterocycles. The molecule has 0 aromatic carbocycles. The molecule has 0 aromatic rings. The van der Waals surface area contributed by atoms with Crippen molar-refractivity contribution in [2.24, 2.45) is 11.7 Å². The molecule has 100 valence electrons. The van der Waals surface area contributed by atoms with Gasteiger partial charge in [0.2, 0.25) is 10.0 Å². The van der Waals surface area contributed by atoms with Crippen molar-refractivity contribution in [2.45, 2.75) is 57.2 Å². The second-order valence-electron chi connectivity index (χ2n) is 4.93. The van der Waals surface area contributed by atoms with Crippen LogP contribution in [0.2, 0.25) is 0 Å². The zero-order chi connectivity index (χ0) is 13.1. The van der Waals surface area contributed by atoms with Gasteiger partial charge < -0.3 is 5.73 Å². The van der Waals surface area contributed by atoms with Crippen LogP contribution in [-0.2, 0) is 10.0 Å². The Hall–Kier alpha value is -0.200. The highest BCUT2D eigenvalue weighted by molar-refractivity contribution is 7.93. The number of rotatable bonds is 5. The smallest absolute Gasteiger partial charge is 0.221 e. The summed E-state index contributed by atoms with van der Waals surface area (Å²) < 4.78 is 27.0. The first kappa shape index (κ1) is 14.9. The standard InChI is InChI=1S/C11H22N2O2S2/c1-3-10(11(12)16)17(14,15)13-9-6-4-5-8(2)7-9/h8-10,13H,3-7H2,1-2H3,(H2,12,16). The molecule has 0 bridgehead atoms. The second kappa shape index (κ2) is 6.11. The van der Waals surface area contributed by atoms with Gasteiger partial charge in [-0.1, -0.05) is 38.9 Å². The molecule has 1 saturated carbocycles. The Balaban J connectivity index is 2.68. The van der Waals surface area contributed by atoms with Crippen molar-refractivity contribution in [3.63, 3.8) is 0 Å². The van der Waals surface area contributed by atoms with Crippen LogP contribution in [0.4, 0.5) is 0 Å². The summed E-state index contributed by atoms with van der Waals surface area (Å²) in [5, 5.41) is -0.741. The van der Waals surface area contributed by atoms with Gasteiger partial charge in [-0.3, -0.25) is 0 Å². The van der Waals surface area contributed by atoms with E-state index in [0.29, 0.717) is 12.3 Å². The predicted octanol–water partition coefficient (Wildman–Crippen LogP) is 1.55. The summed E-state index contributed by atoms with van der Waals surface area (Å²) >= 11 is 4.81. The quantitative estimate of drug-likeness (QED) is 0.748. The normalized spacial score (nSPS) is 27.6. The Morgan fingerprint density at radius 2 is 2.18 bits per heavy atom. The molecule has 0 amide bonds. The van der Waals surface area contributed by atoms with E-state index in [1.165, 1.54) is 6.42 Å². The topological polar surface area (TPSA) is 72.2 Å². The van der Waals surface area contributed by atoms with Crippen LogP contribution in [0, 0.1) is 5.92 Å². The van der Waals surface area contributed by atoms with E-state index in [1.807, 2.05) is 0 Å². The maximum atomic E-state index is 12.1. The fourth-order valence-electron chi connectivity index (χ4n) is 2.43. The summed E-state index contributed by atoms with van der Waals surface area (Å²) in [6.07, 6.45) is 4.51. The highest BCUT2D eigenvalue weighted by atomic mass is 32.2. The molecule has 1 rings (SSSR count). The van der Waals surface area contributed by atoms with E-state index in [0.717, 1.165) is 19.3 Å². The number of nitrogens with one attached hydrogen (secondary N) is 1. The molecule has 3 unspecified atom stereocenters. The lowest BCUT2D eigenvalue weighted by Gasteiger charge is -2.28. The van der Waals surface area contributed by atoms with Gasteiger partial charge in [0.25, 0.3) is 0 Å². The van der Waals surface area contributed by atoms with Crippen molar-refractivity contribution in [3.05, 3.63) is 0 Å². The van der Waals surface area contributed by atoms with Crippen LogP contribution in [0.3, 0.4) is 0 Å². The van der Waals surface area contributed by atoms with E-state index in [-0.39, 0.29) is 11.0 Å². The first-order valence-electron chi connectivity index (χ1n) is 6.17. The molecule has 0 saturated heterocycles. The largest absolute Gasteiger partial charge is 0.392 e. The maximum Gasteiger partial charge on any atom is 0.221 e. The third kappa shape index (κ3) is 4.19. The number of hydrogen-bond acceptors (Lipinski definition) is 3. The lowest BCUT2D eigenvalue weighted by atomic mass is 9.88. The fraction of sp³-hybridized carbons (Fsp3) is 0.909. The molecule has 1 aliphatic carbocycles. The zero-order valence-electron chi connectivity index (χ0n) is 10.5. The summed E-state index contributed by atoms with van der Waals surface area (Å²) in [5.41, 5.74) is 5.48. The summed E-state index contributed by atoms with van der Waals surface area (Å²) in [5.74, 6) is 0.585. The Labute approximate surface area is 109 Å². The second-order valence-corrected chi connectivity index (χ2v) is 7.30. The molecule has 0 spiro atoms. The Kier molecular flexibility index (Phi) is 5.34. The van der Waals surface area contributed by atoms with Crippen molar-refractivity contribution in [2.75, 3.05) is 0 Å². The van der Waals surface area contributed by atoms with E-state index >= 15 is 0 Å². The average Bonchev–Trinajstić information content (AvgIpc) is 2.16. The van der Waals surface area contributed by atoms with Gasteiger partial charge in [0.1, 0.15) is 5.25 Å². The molecule has 0 aliphatic heterocycles. The average molecular weight is 278 g/mol. The van der Waals surface area contributed by atoms with Crippen LogP contribution < -0.4 is 10.5 Å². The number of sulfonamides is 1. The van der Waals surface area contributed by atoms with Gasteiger partial charge in [-0.15, -0.1) is 0 Å².